The molecule has 84 valence electrons. The van der Waals surface area contributed by atoms with Gasteiger partial charge in [0.25, 0.3) is 0 Å². The maximum Gasteiger partial charge on any atom is 0.0550 e. The number of hydrogen-bond donors (Lipinski definition) is 2. The molecule has 2 atom stereocenters. The molecule has 0 amide bonds. The number of benzene rings is 1. The Balaban J connectivity index is 2.83. The second kappa shape index (κ2) is 5.89. The van der Waals surface area contributed by atoms with Crippen LogP contribution in [0.2, 0.25) is 0 Å². The van der Waals surface area contributed by atoms with Crippen molar-refractivity contribution in [1.29, 1.82) is 0 Å². The molecule has 0 aliphatic heterocycles. The summed E-state index contributed by atoms with van der Waals surface area (Å²) in [5.41, 5.74) is 6.91. The van der Waals surface area contributed by atoms with Crippen LogP contribution < -0.4 is 5.73 Å². The van der Waals surface area contributed by atoms with E-state index in [1.165, 1.54) is 0 Å². The topological polar surface area (TPSA) is 46.2 Å². The van der Waals surface area contributed by atoms with E-state index in [4.69, 9.17) is 10.8 Å². The van der Waals surface area contributed by atoms with Crippen molar-refractivity contribution in [2.75, 3.05) is 6.61 Å². The molecule has 2 nitrogen and oxygen atoms in total. The fourth-order valence-electron chi connectivity index (χ4n) is 1.15. The van der Waals surface area contributed by atoms with E-state index in [0.29, 0.717) is 0 Å². The number of hydrogen-bond acceptors (Lipinski definition) is 3. The molecule has 1 aromatic rings. The van der Waals surface area contributed by atoms with Crippen molar-refractivity contribution in [3.63, 3.8) is 0 Å². The smallest absolute Gasteiger partial charge is 0.0550 e. The van der Waals surface area contributed by atoms with E-state index in [-0.39, 0.29) is 17.9 Å². The quantitative estimate of drug-likeness (QED) is 0.838. The van der Waals surface area contributed by atoms with Gasteiger partial charge >= 0.3 is 0 Å². The van der Waals surface area contributed by atoms with Crippen LogP contribution >= 0.6 is 27.7 Å². The summed E-state index contributed by atoms with van der Waals surface area (Å²) in [6, 6.07) is 6.16. The molecular weight excluding hydrogens is 274 g/mol. The van der Waals surface area contributed by atoms with Crippen LogP contribution in [0.15, 0.2) is 27.6 Å². The molecule has 0 aromatic heterocycles. The van der Waals surface area contributed by atoms with Crippen LogP contribution in [0.4, 0.5) is 0 Å². The molecule has 0 radical (unpaired) electrons. The van der Waals surface area contributed by atoms with Crippen molar-refractivity contribution in [3.05, 3.63) is 28.2 Å². The highest BCUT2D eigenvalue weighted by Gasteiger charge is 2.08. The third-order valence-corrected chi connectivity index (χ3v) is 4.15. The molecule has 0 spiro atoms. The molecule has 3 N–H and O–H groups in total. The third kappa shape index (κ3) is 3.79. The average molecular weight is 290 g/mol. The van der Waals surface area contributed by atoms with Crippen LogP contribution in [-0.2, 0) is 0 Å². The SMILES string of the molecule is CC(CO)Sc1ccc(C(C)N)cc1Br. The van der Waals surface area contributed by atoms with Gasteiger partial charge in [-0.05, 0) is 40.5 Å². The lowest BCUT2D eigenvalue weighted by Crippen LogP contribution is -2.05. The van der Waals surface area contributed by atoms with E-state index < -0.39 is 0 Å². The summed E-state index contributed by atoms with van der Waals surface area (Å²) < 4.78 is 1.04. The number of nitrogens with two attached hydrogens (primary N) is 1. The Hall–Kier alpha value is -0.0300. The molecule has 0 aliphatic rings. The summed E-state index contributed by atoms with van der Waals surface area (Å²) in [7, 11) is 0. The Kier molecular flexibility index (Phi) is 5.12. The predicted octanol–water partition coefficient (Wildman–Crippen LogP) is 2.94. The first-order chi connectivity index (χ1) is 7.04. The second-order valence-corrected chi connectivity index (χ2v) is 5.92. The molecule has 0 saturated heterocycles. The highest BCUT2D eigenvalue weighted by atomic mass is 79.9. The highest BCUT2D eigenvalue weighted by molar-refractivity contribution is 9.10. The van der Waals surface area contributed by atoms with Crippen LogP contribution in [0.25, 0.3) is 0 Å². The minimum Gasteiger partial charge on any atom is -0.395 e. The van der Waals surface area contributed by atoms with Crippen LogP contribution in [0, 0.1) is 0 Å². The molecule has 2 unspecified atom stereocenters. The van der Waals surface area contributed by atoms with Crippen molar-refractivity contribution >= 4 is 27.7 Å². The van der Waals surface area contributed by atoms with E-state index in [9.17, 15) is 0 Å². The number of halogens is 1. The van der Waals surface area contributed by atoms with E-state index in [1.807, 2.05) is 32.0 Å². The molecule has 15 heavy (non-hydrogen) atoms. The molecule has 0 heterocycles. The monoisotopic (exact) mass is 289 g/mol. The number of thioether (sulfide) groups is 1. The largest absolute Gasteiger partial charge is 0.395 e. The van der Waals surface area contributed by atoms with E-state index in [2.05, 4.69) is 15.9 Å². The first kappa shape index (κ1) is 13.0. The van der Waals surface area contributed by atoms with Crippen molar-refractivity contribution in [3.8, 4) is 0 Å². The molecule has 0 bridgehead atoms. The first-order valence-corrected chi connectivity index (χ1v) is 6.54. The maximum atomic E-state index is 8.97. The molecule has 1 aromatic carbocycles. The highest BCUT2D eigenvalue weighted by Crippen LogP contribution is 2.32. The summed E-state index contributed by atoms with van der Waals surface area (Å²) >= 11 is 5.17. The van der Waals surface area contributed by atoms with Crippen molar-refractivity contribution in [1.82, 2.24) is 0 Å². The lowest BCUT2D eigenvalue weighted by atomic mass is 10.1. The van der Waals surface area contributed by atoms with Gasteiger partial charge in [0.15, 0.2) is 0 Å². The summed E-state index contributed by atoms with van der Waals surface area (Å²) in [5.74, 6) is 0. The molecule has 1 rings (SSSR count). The van der Waals surface area contributed by atoms with Gasteiger partial charge in [-0.25, -0.2) is 0 Å². The Morgan fingerprint density at radius 1 is 1.47 bits per heavy atom. The van der Waals surface area contributed by atoms with Gasteiger partial charge in [0.2, 0.25) is 0 Å². The second-order valence-electron chi connectivity index (χ2n) is 3.59. The zero-order chi connectivity index (χ0) is 11.4. The number of aliphatic hydroxyl groups excluding tert-OH is 1. The maximum absolute atomic E-state index is 8.97. The van der Waals surface area contributed by atoms with Gasteiger partial charge in [0.1, 0.15) is 0 Å². The fourth-order valence-corrected chi connectivity index (χ4v) is 2.65. The lowest BCUT2D eigenvalue weighted by molar-refractivity contribution is 0.300. The van der Waals surface area contributed by atoms with E-state index >= 15 is 0 Å². The predicted molar refractivity (Wildman–Crippen MR) is 69.1 cm³/mol. The lowest BCUT2D eigenvalue weighted by Gasteiger charge is -2.12. The Bertz CT molecular complexity index is 330. The minimum atomic E-state index is 0.0515. The Morgan fingerprint density at radius 3 is 2.60 bits per heavy atom. The van der Waals surface area contributed by atoms with Crippen molar-refractivity contribution in [2.24, 2.45) is 5.73 Å². The third-order valence-electron chi connectivity index (χ3n) is 2.07. The zero-order valence-electron chi connectivity index (χ0n) is 8.90. The van der Waals surface area contributed by atoms with E-state index in [1.54, 1.807) is 11.8 Å². The summed E-state index contributed by atoms with van der Waals surface area (Å²) in [6.45, 7) is 4.15. The van der Waals surface area contributed by atoms with Crippen LogP contribution in [0.5, 0.6) is 0 Å². The molecule has 0 aliphatic carbocycles. The number of aliphatic hydroxyl groups is 1. The van der Waals surface area contributed by atoms with Crippen molar-refractivity contribution in [2.45, 2.75) is 30.0 Å². The van der Waals surface area contributed by atoms with Gasteiger partial charge in [-0.2, -0.15) is 0 Å². The van der Waals surface area contributed by atoms with Gasteiger partial charge < -0.3 is 10.8 Å². The van der Waals surface area contributed by atoms with Gasteiger partial charge in [0, 0.05) is 20.7 Å². The van der Waals surface area contributed by atoms with Gasteiger partial charge in [0.05, 0.1) is 6.61 Å². The Morgan fingerprint density at radius 2 is 2.13 bits per heavy atom. The van der Waals surface area contributed by atoms with Gasteiger partial charge in [-0.3, -0.25) is 0 Å². The number of rotatable bonds is 4. The van der Waals surface area contributed by atoms with Crippen LogP contribution in [0.3, 0.4) is 0 Å². The first-order valence-electron chi connectivity index (χ1n) is 4.87. The van der Waals surface area contributed by atoms with Gasteiger partial charge in [-0.1, -0.05) is 13.0 Å². The average Bonchev–Trinajstić information content (AvgIpc) is 2.20. The van der Waals surface area contributed by atoms with Crippen molar-refractivity contribution < 1.29 is 5.11 Å². The normalized spacial score (nSPS) is 15.0. The molecular formula is C11H16BrNOS. The molecule has 4 heteroatoms. The minimum absolute atomic E-state index is 0.0515. The summed E-state index contributed by atoms with van der Waals surface area (Å²) in [5, 5.41) is 9.18. The summed E-state index contributed by atoms with van der Waals surface area (Å²) in [6.07, 6.45) is 0. The molecule has 0 fully saturated rings. The van der Waals surface area contributed by atoms with Crippen LogP contribution in [0.1, 0.15) is 25.5 Å². The standard InChI is InChI=1S/C11H16BrNOS/c1-7(6-14)15-11-4-3-9(8(2)13)5-10(11)12/h3-5,7-8,14H,6,13H2,1-2H3. The zero-order valence-corrected chi connectivity index (χ0v) is 11.3. The fraction of sp³-hybridized carbons (Fsp3) is 0.455. The van der Waals surface area contributed by atoms with Gasteiger partial charge in [-0.15, -0.1) is 11.8 Å². The Labute approximate surface area is 103 Å². The summed E-state index contributed by atoms with van der Waals surface area (Å²) in [4.78, 5) is 1.14. The van der Waals surface area contributed by atoms with Crippen LogP contribution in [-0.4, -0.2) is 17.0 Å². The van der Waals surface area contributed by atoms with E-state index in [0.717, 1.165) is 14.9 Å². The molecule has 0 saturated carbocycles.